The Balaban J connectivity index is 1.92. The molecule has 0 aliphatic rings. The smallest absolute Gasteiger partial charge is 0.270 e. The molecule has 0 radical (unpaired) electrons. The summed E-state index contributed by atoms with van der Waals surface area (Å²) in [6.45, 7) is 4.10. The summed E-state index contributed by atoms with van der Waals surface area (Å²) in [4.78, 5) is 28.1. The fourth-order valence-electron chi connectivity index (χ4n) is 2.09. The number of aromatic nitrogens is 1. The third kappa shape index (κ3) is 5.15. The van der Waals surface area contributed by atoms with Gasteiger partial charge in [-0.3, -0.25) is 9.59 Å². The van der Waals surface area contributed by atoms with Crippen molar-refractivity contribution >= 4 is 11.8 Å². The molecule has 24 heavy (non-hydrogen) atoms. The molecule has 2 rings (SSSR count). The summed E-state index contributed by atoms with van der Waals surface area (Å²) in [6.07, 6.45) is 0.583. The lowest BCUT2D eigenvalue weighted by Gasteiger charge is -2.09. The molecule has 2 N–H and O–H groups in total. The Bertz CT molecular complexity index is 714. The molecule has 5 nitrogen and oxygen atoms in total. The summed E-state index contributed by atoms with van der Waals surface area (Å²) in [5, 5.41) is 5.47. The van der Waals surface area contributed by atoms with Crippen LogP contribution in [0.4, 0.5) is 4.39 Å². The largest absolute Gasteiger partial charge is 0.350 e. The highest BCUT2D eigenvalue weighted by Crippen LogP contribution is 2.04. The van der Waals surface area contributed by atoms with Crippen LogP contribution < -0.4 is 10.6 Å². The molecule has 1 heterocycles. The van der Waals surface area contributed by atoms with Gasteiger partial charge in [0.15, 0.2) is 0 Å². The van der Waals surface area contributed by atoms with E-state index in [1.165, 1.54) is 12.1 Å². The monoisotopic (exact) mass is 329 g/mol. The third-order valence-electron chi connectivity index (χ3n) is 3.25. The maximum Gasteiger partial charge on any atom is 0.270 e. The van der Waals surface area contributed by atoms with Gasteiger partial charge in [0, 0.05) is 12.6 Å². The molecular formula is C18H20FN3O2. The van der Waals surface area contributed by atoms with Crippen molar-refractivity contribution in [2.75, 3.05) is 6.54 Å². The number of benzene rings is 1. The molecule has 0 bridgehead atoms. The molecule has 0 atom stereocenters. The van der Waals surface area contributed by atoms with Crippen molar-refractivity contribution in [3.8, 4) is 0 Å². The average molecular weight is 329 g/mol. The van der Waals surface area contributed by atoms with Gasteiger partial charge >= 0.3 is 0 Å². The molecule has 2 amide bonds. The molecule has 126 valence electrons. The Morgan fingerprint density at radius 3 is 2.29 bits per heavy atom. The first-order valence-corrected chi connectivity index (χ1v) is 7.76. The first kappa shape index (κ1) is 17.6. The van der Waals surface area contributed by atoms with Crippen LogP contribution in [0.1, 0.15) is 40.4 Å². The van der Waals surface area contributed by atoms with Gasteiger partial charge in [-0.05, 0) is 50.1 Å². The first-order valence-electron chi connectivity index (χ1n) is 7.76. The fourth-order valence-corrected chi connectivity index (χ4v) is 2.09. The molecule has 0 aliphatic heterocycles. The lowest BCUT2D eigenvalue weighted by Crippen LogP contribution is -2.32. The summed E-state index contributed by atoms with van der Waals surface area (Å²) >= 11 is 0. The first-order chi connectivity index (χ1) is 11.5. The quantitative estimate of drug-likeness (QED) is 0.854. The number of carbonyl (C=O) groups excluding carboxylic acids is 2. The second-order valence-electron chi connectivity index (χ2n) is 5.67. The number of nitrogens with one attached hydrogen (secondary N) is 2. The number of rotatable bonds is 6. The maximum absolute atomic E-state index is 12.8. The van der Waals surface area contributed by atoms with Crippen molar-refractivity contribution in [3.05, 3.63) is 65.2 Å². The van der Waals surface area contributed by atoms with Gasteiger partial charge in [0.1, 0.15) is 17.2 Å². The number of pyridine rings is 1. The highest BCUT2D eigenvalue weighted by molar-refractivity contribution is 5.96. The van der Waals surface area contributed by atoms with Crippen LogP contribution in [0.3, 0.4) is 0 Å². The summed E-state index contributed by atoms with van der Waals surface area (Å²) in [5.41, 5.74) is 1.31. The van der Waals surface area contributed by atoms with Crippen LogP contribution >= 0.6 is 0 Å². The number of carbonyl (C=O) groups is 2. The van der Waals surface area contributed by atoms with E-state index >= 15 is 0 Å². The summed E-state index contributed by atoms with van der Waals surface area (Å²) in [6, 6.07) is 10.9. The van der Waals surface area contributed by atoms with Gasteiger partial charge in [-0.1, -0.05) is 18.2 Å². The second-order valence-corrected chi connectivity index (χ2v) is 5.67. The van der Waals surface area contributed by atoms with E-state index in [1.807, 2.05) is 13.8 Å². The summed E-state index contributed by atoms with van der Waals surface area (Å²) in [7, 11) is 0. The van der Waals surface area contributed by atoms with Gasteiger partial charge in [-0.2, -0.15) is 0 Å². The molecule has 6 heteroatoms. The van der Waals surface area contributed by atoms with Gasteiger partial charge in [-0.15, -0.1) is 0 Å². The zero-order valence-corrected chi connectivity index (χ0v) is 13.7. The van der Waals surface area contributed by atoms with Crippen LogP contribution in [0.5, 0.6) is 0 Å². The molecule has 0 spiro atoms. The Kier molecular flexibility index (Phi) is 6.01. The van der Waals surface area contributed by atoms with E-state index in [9.17, 15) is 14.0 Å². The zero-order chi connectivity index (χ0) is 17.5. The van der Waals surface area contributed by atoms with Crippen molar-refractivity contribution in [1.82, 2.24) is 15.6 Å². The van der Waals surface area contributed by atoms with E-state index in [4.69, 9.17) is 0 Å². The minimum Gasteiger partial charge on any atom is -0.350 e. The number of hydrogen-bond acceptors (Lipinski definition) is 3. The molecule has 0 saturated carbocycles. The third-order valence-corrected chi connectivity index (χ3v) is 3.25. The van der Waals surface area contributed by atoms with Crippen molar-refractivity contribution in [2.45, 2.75) is 26.3 Å². The van der Waals surface area contributed by atoms with E-state index < -0.39 is 0 Å². The highest BCUT2D eigenvalue weighted by Gasteiger charge is 2.12. The highest BCUT2D eigenvalue weighted by atomic mass is 19.1. The SMILES string of the molecule is CC(C)NC(=O)c1cccc(C(=O)NCCc2ccc(F)cc2)n1. The van der Waals surface area contributed by atoms with Crippen molar-refractivity contribution in [3.63, 3.8) is 0 Å². The summed E-state index contributed by atoms with van der Waals surface area (Å²) in [5.74, 6) is -0.953. The van der Waals surface area contributed by atoms with E-state index in [0.29, 0.717) is 13.0 Å². The van der Waals surface area contributed by atoms with Crippen molar-refractivity contribution < 1.29 is 14.0 Å². The molecule has 0 aliphatic carbocycles. The fraction of sp³-hybridized carbons (Fsp3) is 0.278. The normalized spacial score (nSPS) is 10.5. The molecular weight excluding hydrogens is 309 g/mol. The number of halogens is 1. The summed E-state index contributed by atoms with van der Waals surface area (Å²) < 4.78 is 12.8. The average Bonchev–Trinajstić information content (AvgIpc) is 2.56. The predicted molar refractivity (Wildman–Crippen MR) is 89.3 cm³/mol. The van der Waals surface area contributed by atoms with Crippen LogP contribution in [-0.4, -0.2) is 29.4 Å². The molecule has 0 fully saturated rings. The minimum atomic E-state index is -0.351. The topological polar surface area (TPSA) is 71.1 Å². The van der Waals surface area contributed by atoms with Gasteiger partial charge in [0.2, 0.25) is 0 Å². The number of nitrogens with zero attached hydrogens (tertiary/aromatic N) is 1. The molecule has 0 saturated heterocycles. The van der Waals surface area contributed by atoms with E-state index in [-0.39, 0.29) is 35.1 Å². The number of hydrogen-bond donors (Lipinski definition) is 2. The standard InChI is InChI=1S/C18H20FN3O2/c1-12(2)21-18(24)16-5-3-4-15(22-16)17(23)20-11-10-13-6-8-14(19)9-7-13/h3-9,12H,10-11H2,1-2H3,(H,20,23)(H,21,24). The molecule has 2 aromatic rings. The van der Waals surface area contributed by atoms with E-state index in [2.05, 4.69) is 15.6 Å². The van der Waals surface area contributed by atoms with Crippen molar-refractivity contribution in [2.24, 2.45) is 0 Å². The van der Waals surface area contributed by atoms with Crippen LogP contribution in [0.2, 0.25) is 0 Å². The van der Waals surface area contributed by atoms with Crippen LogP contribution in [0, 0.1) is 5.82 Å². The molecule has 1 aromatic heterocycles. The lowest BCUT2D eigenvalue weighted by atomic mass is 10.1. The lowest BCUT2D eigenvalue weighted by molar-refractivity contribution is 0.0936. The van der Waals surface area contributed by atoms with E-state index in [1.54, 1.807) is 30.3 Å². The van der Waals surface area contributed by atoms with Crippen molar-refractivity contribution in [1.29, 1.82) is 0 Å². The number of amides is 2. The predicted octanol–water partition coefficient (Wildman–Crippen LogP) is 2.33. The van der Waals surface area contributed by atoms with Gasteiger partial charge in [0.05, 0.1) is 0 Å². The molecule has 1 aromatic carbocycles. The van der Waals surface area contributed by atoms with Crippen LogP contribution in [-0.2, 0) is 6.42 Å². The Morgan fingerprint density at radius 2 is 1.67 bits per heavy atom. The van der Waals surface area contributed by atoms with Crippen LogP contribution in [0.15, 0.2) is 42.5 Å². The van der Waals surface area contributed by atoms with Crippen LogP contribution in [0.25, 0.3) is 0 Å². The zero-order valence-electron chi connectivity index (χ0n) is 13.7. The van der Waals surface area contributed by atoms with Gasteiger partial charge in [0.25, 0.3) is 11.8 Å². The van der Waals surface area contributed by atoms with Gasteiger partial charge in [-0.25, -0.2) is 9.37 Å². The Morgan fingerprint density at radius 1 is 1.04 bits per heavy atom. The Hall–Kier alpha value is -2.76. The second kappa shape index (κ2) is 8.19. The Labute approximate surface area is 140 Å². The minimum absolute atomic E-state index is 0.00695. The molecule has 0 unspecified atom stereocenters. The van der Waals surface area contributed by atoms with E-state index in [0.717, 1.165) is 5.56 Å². The maximum atomic E-state index is 12.8. The van der Waals surface area contributed by atoms with Gasteiger partial charge < -0.3 is 10.6 Å².